The van der Waals surface area contributed by atoms with E-state index in [1.165, 1.54) is 14.2 Å². The molecule has 0 amide bonds. The summed E-state index contributed by atoms with van der Waals surface area (Å²) in [5.41, 5.74) is 0.143. The van der Waals surface area contributed by atoms with Crippen molar-refractivity contribution >= 4 is 6.29 Å². The predicted octanol–water partition coefficient (Wildman–Crippen LogP) is 3.65. The van der Waals surface area contributed by atoms with Crippen LogP contribution >= 0.6 is 0 Å². The van der Waals surface area contributed by atoms with Gasteiger partial charge in [-0.2, -0.15) is 0 Å². The molecule has 2 aromatic rings. The van der Waals surface area contributed by atoms with Crippen molar-refractivity contribution in [1.82, 2.24) is 0 Å². The zero-order chi connectivity index (χ0) is 17.0. The normalized spacial score (nSPS) is 11.9. The van der Waals surface area contributed by atoms with Crippen molar-refractivity contribution < 1.29 is 27.4 Å². The van der Waals surface area contributed by atoms with Crippen molar-refractivity contribution in [3.8, 4) is 11.5 Å². The Kier molecular flexibility index (Phi) is 5.26. The first kappa shape index (κ1) is 16.9. The minimum Gasteiger partial charge on any atom is -0.497 e. The van der Waals surface area contributed by atoms with Crippen molar-refractivity contribution in [2.75, 3.05) is 14.2 Å². The maximum atomic E-state index is 13.9. The number of benzene rings is 2. The summed E-state index contributed by atoms with van der Waals surface area (Å²) in [7, 11) is 2.93. The van der Waals surface area contributed by atoms with Crippen molar-refractivity contribution in [3.63, 3.8) is 0 Å². The summed E-state index contributed by atoms with van der Waals surface area (Å²) in [5, 5.41) is 0. The first-order chi connectivity index (χ1) is 11.0. The highest BCUT2D eigenvalue weighted by Gasteiger charge is 2.22. The van der Waals surface area contributed by atoms with E-state index in [0.717, 1.165) is 0 Å². The Morgan fingerprint density at radius 1 is 0.957 bits per heavy atom. The third kappa shape index (κ3) is 3.83. The lowest BCUT2D eigenvalue weighted by Gasteiger charge is -2.14. The van der Waals surface area contributed by atoms with Gasteiger partial charge in [0.2, 0.25) is 0 Å². The standard InChI is InChI=1S/C17H15F3O3/c1-22-13-4-10(5-14(8-13)23-2)3-11(9-21)17-15(19)6-12(18)7-16(17)20/h4-9,11H,3H2,1-2H3. The molecular weight excluding hydrogens is 309 g/mol. The highest BCUT2D eigenvalue weighted by Crippen LogP contribution is 2.29. The zero-order valence-corrected chi connectivity index (χ0v) is 12.6. The number of hydrogen-bond acceptors (Lipinski definition) is 3. The van der Waals surface area contributed by atoms with E-state index in [9.17, 15) is 18.0 Å². The second-order valence-electron chi connectivity index (χ2n) is 4.95. The van der Waals surface area contributed by atoms with Crippen molar-refractivity contribution in [2.24, 2.45) is 0 Å². The molecule has 0 aliphatic rings. The average molecular weight is 324 g/mol. The number of carbonyl (C=O) groups excluding carboxylic acids is 1. The summed E-state index contributed by atoms with van der Waals surface area (Å²) in [6, 6.07) is 6.03. The Morgan fingerprint density at radius 3 is 1.91 bits per heavy atom. The van der Waals surface area contributed by atoms with Crippen LogP contribution in [0.5, 0.6) is 11.5 Å². The van der Waals surface area contributed by atoms with Gasteiger partial charge in [-0.15, -0.1) is 0 Å². The Labute approximate surface area is 131 Å². The smallest absolute Gasteiger partial charge is 0.132 e. The van der Waals surface area contributed by atoms with E-state index in [4.69, 9.17) is 9.47 Å². The predicted molar refractivity (Wildman–Crippen MR) is 78.4 cm³/mol. The summed E-state index contributed by atoms with van der Waals surface area (Å²) >= 11 is 0. The highest BCUT2D eigenvalue weighted by atomic mass is 19.1. The lowest BCUT2D eigenvalue weighted by Crippen LogP contribution is -2.10. The van der Waals surface area contributed by atoms with E-state index < -0.39 is 28.9 Å². The van der Waals surface area contributed by atoms with Crippen LogP contribution in [0.2, 0.25) is 0 Å². The monoisotopic (exact) mass is 324 g/mol. The second-order valence-corrected chi connectivity index (χ2v) is 4.95. The van der Waals surface area contributed by atoms with Gasteiger partial charge in [0.05, 0.1) is 14.2 Å². The van der Waals surface area contributed by atoms with Crippen molar-refractivity contribution in [1.29, 1.82) is 0 Å². The molecule has 0 saturated carbocycles. The Balaban J connectivity index is 2.39. The first-order valence-corrected chi connectivity index (χ1v) is 6.80. The third-order valence-electron chi connectivity index (χ3n) is 3.45. The lowest BCUT2D eigenvalue weighted by molar-refractivity contribution is -0.109. The number of aldehydes is 1. The Morgan fingerprint density at radius 2 is 1.48 bits per heavy atom. The molecule has 0 heterocycles. The molecular formula is C17H15F3O3. The highest BCUT2D eigenvalue weighted by molar-refractivity contribution is 5.63. The van der Waals surface area contributed by atoms with Gasteiger partial charge in [-0.05, 0) is 24.1 Å². The van der Waals surface area contributed by atoms with Gasteiger partial charge in [0, 0.05) is 29.7 Å². The maximum Gasteiger partial charge on any atom is 0.132 e. The van der Waals surface area contributed by atoms with Crippen LogP contribution in [-0.4, -0.2) is 20.5 Å². The molecule has 0 aliphatic heterocycles. The van der Waals surface area contributed by atoms with Crippen LogP contribution < -0.4 is 9.47 Å². The molecule has 122 valence electrons. The second kappa shape index (κ2) is 7.17. The van der Waals surface area contributed by atoms with Crippen LogP contribution in [0.4, 0.5) is 13.2 Å². The molecule has 2 rings (SSSR count). The van der Waals surface area contributed by atoms with Gasteiger partial charge in [-0.1, -0.05) is 0 Å². The van der Waals surface area contributed by atoms with Crippen LogP contribution in [0.15, 0.2) is 30.3 Å². The van der Waals surface area contributed by atoms with Gasteiger partial charge in [-0.25, -0.2) is 13.2 Å². The first-order valence-electron chi connectivity index (χ1n) is 6.80. The van der Waals surface area contributed by atoms with Gasteiger partial charge >= 0.3 is 0 Å². The molecule has 3 nitrogen and oxygen atoms in total. The lowest BCUT2D eigenvalue weighted by atomic mass is 9.92. The maximum absolute atomic E-state index is 13.9. The topological polar surface area (TPSA) is 35.5 Å². The molecule has 0 spiro atoms. The molecule has 0 radical (unpaired) electrons. The summed E-state index contributed by atoms with van der Waals surface area (Å²) in [6.07, 6.45) is 0.460. The van der Waals surface area contributed by atoms with E-state index >= 15 is 0 Å². The fourth-order valence-electron chi connectivity index (χ4n) is 2.36. The van der Waals surface area contributed by atoms with E-state index in [1.807, 2.05) is 0 Å². The minimum atomic E-state index is -1.09. The number of hydrogen-bond donors (Lipinski definition) is 0. The van der Waals surface area contributed by atoms with Crippen LogP contribution in [0.25, 0.3) is 0 Å². The molecule has 23 heavy (non-hydrogen) atoms. The molecule has 1 unspecified atom stereocenters. The molecule has 1 atom stereocenters. The van der Waals surface area contributed by atoms with Gasteiger partial charge in [-0.3, -0.25) is 0 Å². The summed E-state index contributed by atoms with van der Waals surface area (Å²) in [6.45, 7) is 0. The fraction of sp³-hybridized carbons (Fsp3) is 0.235. The van der Waals surface area contributed by atoms with Crippen molar-refractivity contribution in [3.05, 3.63) is 58.9 Å². The quantitative estimate of drug-likeness (QED) is 0.761. The molecule has 0 bridgehead atoms. The number of ether oxygens (including phenoxy) is 2. The van der Waals surface area contributed by atoms with E-state index in [-0.39, 0.29) is 6.42 Å². The molecule has 0 aromatic heterocycles. The number of halogens is 3. The van der Waals surface area contributed by atoms with E-state index in [0.29, 0.717) is 35.5 Å². The average Bonchev–Trinajstić information content (AvgIpc) is 2.52. The molecule has 0 saturated heterocycles. The van der Waals surface area contributed by atoms with Gasteiger partial charge in [0.25, 0.3) is 0 Å². The van der Waals surface area contributed by atoms with E-state index in [1.54, 1.807) is 18.2 Å². The van der Waals surface area contributed by atoms with Crippen LogP contribution in [0.3, 0.4) is 0 Å². The Hall–Kier alpha value is -2.50. The number of carbonyl (C=O) groups is 1. The van der Waals surface area contributed by atoms with Gasteiger partial charge in [0.15, 0.2) is 0 Å². The summed E-state index contributed by atoms with van der Waals surface area (Å²) < 4.78 is 50.9. The summed E-state index contributed by atoms with van der Waals surface area (Å²) in [4.78, 5) is 11.3. The Bertz CT molecular complexity index is 671. The fourth-order valence-corrected chi connectivity index (χ4v) is 2.36. The molecule has 6 heteroatoms. The molecule has 0 aliphatic carbocycles. The SMILES string of the molecule is COc1cc(CC(C=O)c2c(F)cc(F)cc2F)cc(OC)c1. The van der Waals surface area contributed by atoms with Gasteiger partial charge in [0.1, 0.15) is 35.2 Å². The third-order valence-corrected chi connectivity index (χ3v) is 3.45. The molecule has 2 aromatic carbocycles. The largest absolute Gasteiger partial charge is 0.497 e. The van der Waals surface area contributed by atoms with Crippen LogP contribution in [0, 0.1) is 17.5 Å². The molecule has 0 fully saturated rings. The van der Waals surface area contributed by atoms with Crippen LogP contribution in [-0.2, 0) is 11.2 Å². The number of methoxy groups -OCH3 is 2. The van der Waals surface area contributed by atoms with Crippen molar-refractivity contribution in [2.45, 2.75) is 12.3 Å². The van der Waals surface area contributed by atoms with E-state index in [2.05, 4.69) is 0 Å². The van der Waals surface area contributed by atoms with Gasteiger partial charge < -0.3 is 14.3 Å². The minimum absolute atomic E-state index is 0.0243. The zero-order valence-electron chi connectivity index (χ0n) is 12.6. The molecule has 0 N–H and O–H groups in total. The number of rotatable bonds is 6. The summed E-state index contributed by atoms with van der Waals surface area (Å²) in [5.74, 6) is -3.32. The van der Waals surface area contributed by atoms with Crippen LogP contribution in [0.1, 0.15) is 17.0 Å².